The van der Waals surface area contributed by atoms with E-state index in [4.69, 9.17) is 0 Å². The van der Waals surface area contributed by atoms with Crippen LogP contribution in [-0.4, -0.2) is 0 Å². The van der Waals surface area contributed by atoms with E-state index in [0.717, 1.165) is 0 Å². The van der Waals surface area contributed by atoms with Crippen LogP contribution in [0.2, 0.25) is 0 Å². The van der Waals surface area contributed by atoms with Crippen molar-refractivity contribution in [2.75, 3.05) is 5.32 Å². The van der Waals surface area contributed by atoms with E-state index in [0.29, 0.717) is 12.0 Å². The predicted octanol–water partition coefficient (Wildman–Crippen LogP) is 5.29. The van der Waals surface area contributed by atoms with Crippen LogP contribution in [0.25, 0.3) is 0 Å². The summed E-state index contributed by atoms with van der Waals surface area (Å²) in [6, 6.07) is 17.7. The molecule has 1 heteroatoms. The lowest BCUT2D eigenvalue weighted by molar-refractivity contribution is 0.858. The van der Waals surface area contributed by atoms with Gasteiger partial charge in [-0.15, -0.1) is 0 Å². The van der Waals surface area contributed by atoms with Crippen LogP contribution in [0.5, 0.6) is 0 Å². The van der Waals surface area contributed by atoms with Crippen molar-refractivity contribution in [3.63, 3.8) is 0 Å². The van der Waals surface area contributed by atoms with Crippen LogP contribution in [-0.2, 0) is 0 Å². The minimum atomic E-state index is 0.322. The summed E-state index contributed by atoms with van der Waals surface area (Å²) in [5.41, 5.74) is 5.19. The first kappa shape index (κ1) is 13.7. The van der Waals surface area contributed by atoms with Crippen LogP contribution in [0.4, 0.5) is 5.69 Å². The van der Waals surface area contributed by atoms with Crippen LogP contribution >= 0.6 is 0 Å². The highest BCUT2D eigenvalue weighted by molar-refractivity contribution is 5.48. The van der Waals surface area contributed by atoms with Gasteiger partial charge in [0.15, 0.2) is 0 Å². The highest BCUT2D eigenvalue weighted by atomic mass is 14.9. The minimum Gasteiger partial charge on any atom is -0.379 e. The molecule has 0 amide bonds. The Bertz CT molecular complexity index is 526. The number of nitrogens with one attached hydrogen (secondary N) is 1. The molecule has 19 heavy (non-hydrogen) atoms. The summed E-state index contributed by atoms with van der Waals surface area (Å²) in [5.74, 6) is 0.566. The summed E-state index contributed by atoms with van der Waals surface area (Å²) in [6.45, 7) is 8.77. The van der Waals surface area contributed by atoms with Gasteiger partial charge in [-0.05, 0) is 43.0 Å². The maximum atomic E-state index is 3.57. The third-order valence-electron chi connectivity index (χ3n) is 3.51. The Hall–Kier alpha value is -1.76. The van der Waals surface area contributed by atoms with Crippen molar-refractivity contribution < 1.29 is 0 Å². The second kappa shape index (κ2) is 5.92. The van der Waals surface area contributed by atoms with Gasteiger partial charge in [0.25, 0.3) is 0 Å². The van der Waals surface area contributed by atoms with Crippen molar-refractivity contribution >= 4 is 5.69 Å². The molecule has 0 aliphatic heterocycles. The fourth-order valence-electron chi connectivity index (χ4n) is 2.18. The molecule has 2 aromatic rings. The van der Waals surface area contributed by atoms with Crippen molar-refractivity contribution in [2.45, 2.75) is 39.7 Å². The molecule has 0 aromatic heterocycles. The van der Waals surface area contributed by atoms with Gasteiger partial charge in [0.05, 0.1) is 0 Å². The number of rotatable bonds is 4. The highest BCUT2D eigenvalue weighted by Crippen LogP contribution is 2.23. The number of anilines is 1. The molecule has 1 nitrogen and oxygen atoms in total. The van der Waals surface area contributed by atoms with Crippen molar-refractivity contribution in [2.24, 2.45) is 0 Å². The lowest BCUT2D eigenvalue weighted by Gasteiger charge is -2.17. The fourth-order valence-corrected chi connectivity index (χ4v) is 2.18. The predicted molar refractivity (Wildman–Crippen MR) is 83.7 cm³/mol. The molecule has 0 saturated carbocycles. The van der Waals surface area contributed by atoms with Gasteiger partial charge in [-0.1, -0.05) is 55.8 Å². The van der Waals surface area contributed by atoms with Crippen LogP contribution in [0, 0.1) is 6.92 Å². The molecule has 1 N–H and O–H groups in total. The normalized spacial score (nSPS) is 12.5. The van der Waals surface area contributed by atoms with Gasteiger partial charge in [-0.2, -0.15) is 0 Å². The minimum absolute atomic E-state index is 0.322. The number of aryl methyl sites for hydroxylation is 1. The average molecular weight is 253 g/mol. The second-order valence-electron chi connectivity index (χ2n) is 5.56. The van der Waals surface area contributed by atoms with Gasteiger partial charge in [-0.3, -0.25) is 0 Å². The van der Waals surface area contributed by atoms with E-state index >= 15 is 0 Å². The fraction of sp³-hybridized carbons (Fsp3) is 0.333. The summed E-state index contributed by atoms with van der Waals surface area (Å²) in [5, 5.41) is 3.57. The van der Waals surface area contributed by atoms with E-state index in [-0.39, 0.29) is 0 Å². The van der Waals surface area contributed by atoms with Gasteiger partial charge in [0.1, 0.15) is 0 Å². The molecule has 0 spiro atoms. The standard InChI is InChI=1S/C18H23N/c1-13(2)17-6-5-7-18(12-17)19-15(4)16-10-8-14(3)9-11-16/h5-13,15,19H,1-4H3. The van der Waals surface area contributed by atoms with Gasteiger partial charge >= 0.3 is 0 Å². The first-order valence-corrected chi connectivity index (χ1v) is 6.99. The second-order valence-corrected chi connectivity index (χ2v) is 5.56. The topological polar surface area (TPSA) is 12.0 Å². The Morgan fingerprint density at radius 2 is 1.53 bits per heavy atom. The molecule has 0 heterocycles. The third kappa shape index (κ3) is 3.60. The summed E-state index contributed by atoms with van der Waals surface area (Å²) >= 11 is 0. The van der Waals surface area contributed by atoms with E-state index < -0.39 is 0 Å². The number of benzene rings is 2. The quantitative estimate of drug-likeness (QED) is 0.780. The first-order valence-electron chi connectivity index (χ1n) is 6.99. The van der Waals surface area contributed by atoms with Crippen molar-refractivity contribution in [1.29, 1.82) is 0 Å². The molecule has 100 valence electrons. The maximum Gasteiger partial charge on any atom is 0.0485 e. The zero-order chi connectivity index (χ0) is 13.8. The molecule has 0 aliphatic rings. The molecule has 1 unspecified atom stereocenters. The van der Waals surface area contributed by atoms with E-state index in [1.54, 1.807) is 0 Å². The van der Waals surface area contributed by atoms with Gasteiger partial charge in [0.2, 0.25) is 0 Å². The number of hydrogen-bond acceptors (Lipinski definition) is 1. The smallest absolute Gasteiger partial charge is 0.0485 e. The van der Waals surface area contributed by atoms with Crippen LogP contribution < -0.4 is 5.32 Å². The monoisotopic (exact) mass is 253 g/mol. The summed E-state index contributed by atoms with van der Waals surface area (Å²) in [7, 11) is 0. The molecule has 0 aliphatic carbocycles. The SMILES string of the molecule is Cc1ccc(C(C)Nc2cccc(C(C)C)c2)cc1. The molecule has 2 aromatic carbocycles. The van der Waals surface area contributed by atoms with E-state index in [9.17, 15) is 0 Å². The van der Waals surface area contributed by atoms with Crippen molar-refractivity contribution in [3.05, 3.63) is 65.2 Å². The molecule has 2 rings (SSSR count). The Morgan fingerprint density at radius 1 is 0.842 bits per heavy atom. The summed E-state index contributed by atoms with van der Waals surface area (Å²) in [4.78, 5) is 0. The Balaban J connectivity index is 2.12. The Labute approximate surface area is 116 Å². The van der Waals surface area contributed by atoms with E-state index in [2.05, 4.69) is 81.5 Å². The summed E-state index contributed by atoms with van der Waals surface area (Å²) < 4.78 is 0. The number of hydrogen-bond donors (Lipinski definition) is 1. The molecule has 1 atom stereocenters. The lowest BCUT2D eigenvalue weighted by Crippen LogP contribution is -2.06. The van der Waals surface area contributed by atoms with Crippen molar-refractivity contribution in [3.8, 4) is 0 Å². The Kier molecular flexibility index (Phi) is 4.26. The largest absolute Gasteiger partial charge is 0.379 e. The zero-order valence-corrected chi connectivity index (χ0v) is 12.3. The van der Waals surface area contributed by atoms with Gasteiger partial charge < -0.3 is 5.32 Å². The molecule has 0 saturated heterocycles. The average Bonchev–Trinajstić information content (AvgIpc) is 2.39. The summed E-state index contributed by atoms with van der Waals surface area (Å²) in [6.07, 6.45) is 0. The molecular formula is C18H23N. The highest BCUT2D eigenvalue weighted by Gasteiger charge is 2.06. The molecule has 0 bridgehead atoms. The third-order valence-corrected chi connectivity index (χ3v) is 3.51. The molecule has 0 radical (unpaired) electrons. The van der Waals surface area contributed by atoms with E-state index in [1.807, 2.05) is 0 Å². The molecule has 0 fully saturated rings. The van der Waals surface area contributed by atoms with Crippen molar-refractivity contribution in [1.82, 2.24) is 0 Å². The lowest BCUT2D eigenvalue weighted by atomic mass is 10.0. The zero-order valence-electron chi connectivity index (χ0n) is 12.3. The van der Waals surface area contributed by atoms with Crippen LogP contribution in [0.1, 0.15) is 49.4 Å². The Morgan fingerprint density at radius 3 is 2.16 bits per heavy atom. The molecular weight excluding hydrogens is 230 g/mol. The van der Waals surface area contributed by atoms with Crippen LogP contribution in [0.3, 0.4) is 0 Å². The van der Waals surface area contributed by atoms with Crippen LogP contribution in [0.15, 0.2) is 48.5 Å². The van der Waals surface area contributed by atoms with E-state index in [1.165, 1.54) is 22.4 Å². The maximum absolute atomic E-state index is 3.57. The van der Waals surface area contributed by atoms with Gasteiger partial charge in [-0.25, -0.2) is 0 Å². The van der Waals surface area contributed by atoms with Gasteiger partial charge in [0, 0.05) is 11.7 Å². The first-order chi connectivity index (χ1) is 9.06.